The first-order chi connectivity index (χ1) is 13.6. The topological polar surface area (TPSA) is 117 Å². The van der Waals surface area contributed by atoms with Crippen LogP contribution in [0.2, 0.25) is 0 Å². The van der Waals surface area contributed by atoms with Gasteiger partial charge in [-0.05, 0) is 45.7 Å². The molecule has 2 aliphatic heterocycles. The number of piperidine rings is 1. The number of rotatable bonds is 3. The number of nitrogens with zero attached hydrogens (tertiary/aromatic N) is 1. The van der Waals surface area contributed by atoms with Crippen molar-refractivity contribution in [2.75, 3.05) is 5.32 Å². The summed E-state index contributed by atoms with van der Waals surface area (Å²) in [7, 11) is 0. The van der Waals surface area contributed by atoms with E-state index in [1.165, 1.54) is 4.90 Å². The number of alkyl carbamates (subject to hydrolysis) is 1. The van der Waals surface area contributed by atoms with Crippen LogP contribution in [0.5, 0.6) is 0 Å². The molecular weight excluding hydrogens is 376 g/mol. The highest BCUT2D eigenvalue weighted by Crippen LogP contribution is 2.31. The number of amides is 4. The summed E-state index contributed by atoms with van der Waals surface area (Å²) in [4.78, 5) is 50.5. The number of ether oxygens (including phenoxy) is 1. The van der Waals surface area contributed by atoms with E-state index in [0.717, 1.165) is 0 Å². The molecule has 9 heteroatoms. The van der Waals surface area contributed by atoms with Gasteiger partial charge in [0, 0.05) is 18.7 Å². The Balaban J connectivity index is 1.83. The summed E-state index contributed by atoms with van der Waals surface area (Å²) in [5, 5.41) is 8.19. The molecule has 9 nitrogen and oxygen atoms in total. The molecule has 0 aliphatic carbocycles. The zero-order valence-corrected chi connectivity index (χ0v) is 17.0. The molecule has 2 atom stereocenters. The molecule has 0 bridgehead atoms. The van der Waals surface area contributed by atoms with Gasteiger partial charge in [-0.15, -0.1) is 0 Å². The Bertz CT molecular complexity index is 861. The van der Waals surface area contributed by atoms with Crippen LogP contribution in [0.4, 0.5) is 10.5 Å². The Morgan fingerprint density at radius 2 is 2.00 bits per heavy atom. The number of imide groups is 1. The van der Waals surface area contributed by atoms with Crippen LogP contribution in [0, 0.1) is 0 Å². The molecule has 2 heterocycles. The molecule has 1 fully saturated rings. The fraction of sp³-hybridized carbons (Fsp3) is 0.500. The first-order valence-electron chi connectivity index (χ1n) is 9.58. The minimum absolute atomic E-state index is 0.100. The predicted octanol–water partition coefficient (Wildman–Crippen LogP) is 1.73. The molecule has 1 saturated heterocycles. The van der Waals surface area contributed by atoms with Crippen molar-refractivity contribution in [2.45, 2.75) is 64.9 Å². The fourth-order valence-corrected chi connectivity index (χ4v) is 3.56. The van der Waals surface area contributed by atoms with Crippen LogP contribution in [0.3, 0.4) is 0 Å². The molecule has 0 radical (unpaired) electrons. The lowest BCUT2D eigenvalue weighted by atomic mass is 9.97. The lowest BCUT2D eigenvalue weighted by molar-refractivity contribution is -0.137. The van der Waals surface area contributed by atoms with Gasteiger partial charge in [-0.2, -0.15) is 0 Å². The zero-order chi connectivity index (χ0) is 21.3. The van der Waals surface area contributed by atoms with E-state index in [-0.39, 0.29) is 31.2 Å². The van der Waals surface area contributed by atoms with Gasteiger partial charge in [0.2, 0.25) is 11.8 Å². The van der Waals surface area contributed by atoms with Crippen LogP contribution in [-0.4, -0.2) is 46.5 Å². The molecule has 0 spiro atoms. The van der Waals surface area contributed by atoms with Crippen molar-refractivity contribution in [1.29, 1.82) is 0 Å². The summed E-state index contributed by atoms with van der Waals surface area (Å²) in [6.45, 7) is 7.19. The second kappa shape index (κ2) is 7.73. The Morgan fingerprint density at radius 3 is 2.66 bits per heavy atom. The van der Waals surface area contributed by atoms with E-state index in [0.29, 0.717) is 16.8 Å². The van der Waals surface area contributed by atoms with E-state index in [2.05, 4.69) is 16.0 Å². The van der Waals surface area contributed by atoms with E-state index in [9.17, 15) is 19.2 Å². The van der Waals surface area contributed by atoms with E-state index in [1.807, 2.05) is 0 Å². The number of benzene rings is 1. The van der Waals surface area contributed by atoms with E-state index in [1.54, 1.807) is 45.9 Å². The molecule has 3 rings (SSSR count). The van der Waals surface area contributed by atoms with Gasteiger partial charge in [0.15, 0.2) is 0 Å². The molecule has 4 amide bonds. The van der Waals surface area contributed by atoms with Gasteiger partial charge in [-0.1, -0.05) is 12.1 Å². The smallest absolute Gasteiger partial charge is 0.407 e. The molecule has 3 N–H and O–H groups in total. The maximum Gasteiger partial charge on any atom is 0.407 e. The molecule has 29 heavy (non-hydrogen) atoms. The third-order valence-electron chi connectivity index (χ3n) is 4.75. The van der Waals surface area contributed by atoms with Gasteiger partial charge >= 0.3 is 6.09 Å². The second-order valence-electron chi connectivity index (χ2n) is 8.19. The highest BCUT2D eigenvalue weighted by atomic mass is 16.6. The van der Waals surface area contributed by atoms with Crippen molar-refractivity contribution >= 4 is 29.5 Å². The summed E-state index contributed by atoms with van der Waals surface area (Å²) >= 11 is 0. The van der Waals surface area contributed by atoms with Crippen molar-refractivity contribution in [3.8, 4) is 0 Å². The van der Waals surface area contributed by atoms with Gasteiger partial charge in [0.25, 0.3) is 5.91 Å². The molecule has 1 aromatic rings. The molecule has 156 valence electrons. The van der Waals surface area contributed by atoms with Crippen LogP contribution < -0.4 is 16.0 Å². The number of carbonyl (C=O) groups is 4. The standard InChI is InChI=1S/C20H26N4O5/c1-11-22-13-7-5-6-12(10-21-19(28)29-20(2,3)4)16(13)18(27)24(11)14-8-9-15(25)23-17(14)26/h5-7,11,14,22H,8-10H2,1-4H3,(H,21,28)(H,23,25,26). The molecule has 0 saturated carbocycles. The second-order valence-corrected chi connectivity index (χ2v) is 8.19. The Morgan fingerprint density at radius 1 is 1.28 bits per heavy atom. The quantitative estimate of drug-likeness (QED) is 0.663. The number of fused-ring (bicyclic) bond motifs is 1. The number of hydrogen-bond acceptors (Lipinski definition) is 6. The number of hydrogen-bond donors (Lipinski definition) is 3. The van der Waals surface area contributed by atoms with Gasteiger partial charge in [0.1, 0.15) is 11.6 Å². The minimum atomic E-state index is -0.734. The normalized spacial score (nSPS) is 21.8. The van der Waals surface area contributed by atoms with Crippen LogP contribution in [0.15, 0.2) is 18.2 Å². The van der Waals surface area contributed by atoms with Gasteiger partial charge < -0.3 is 20.3 Å². The first-order valence-corrected chi connectivity index (χ1v) is 9.58. The van der Waals surface area contributed by atoms with Crippen LogP contribution in [-0.2, 0) is 20.9 Å². The SMILES string of the molecule is CC1Nc2cccc(CNC(=O)OC(C)(C)C)c2C(=O)N1C1CCC(=O)NC1=O. The third kappa shape index (κ3) is 4.49. The van der Waals surface area contributed by atoms with E-state index < -0.39 is 29.8 Å². The van der Waals surface area contributed by atoms with Crippen LogP contribution in [0.25, 0.3) is 0 Å². The Hall–Kier alpha value is -3.10. The lowest BCUT2D eigenvalue weighted by Crippen LogP contribution is -2.60. The summed E-state index contributed by atoms with van der Waals surface area (Å²) in [5.41, 5.74) is 1.01. The summed E-state index contributed by atoms with van der Waals surface area (Å²) in [6.07, 6.45) is -0.549. The van der Waals surface area contributed by atoms with Crippen molar-refractivity contribution in [1.82, 2.24) is 15.5 Å². The highest BCUT2D eigenvalue weighted by Gasteiger charge is 2.41. The number of anilines is 1. The van der Waals surface area contributed by atoms with E-state index >= 15 is 0 Å². The number of carbonyl (C=O) groups excluding carboxylic acids is 4. The van der Waals surface area contributed by atoms with Crippen molar-refractivity contribution < 1.29 is 23.9 Å². The molecule has 1 aromatic carbocycles. The average molecular weight is 402 g/mol. The highest BCUT2D eigenvalue weighted by molar-refractivity contribution is 6.07. The lowest BCUT2D eigenvalue weighted by Gasteiger charge is -2.41. The Kier molecular flexibility index (Phi) is 5.50. The maximum atomic E-state index is 13.3. The number of nitrogens with one attached hydrogen (secondary N) is 3. The van der Waals surface area contributed by atoms with Crippen molar-refractivity contribution in [2.24, 2.45) is 0 Å². The van der Waals surface area contributed by atoms with Crippen LogP contribution >= 0.6 is 0 Å². The minimum Gasteiger partial charge on any atom is -0.444 e. The van der Waals surface area contributed by atoms with Crippen LogP contribution in [0.1, 0.15) is 56.5 Å². The third-order valence-corrected chi connectivity index (χ3v) is 4.75. The first kappa shape index (κ1) is 20.6. The largest absolute Gasteiger partial charge is 0.444 e. The molecule has 2 aliphatic rings. The van der Waals surface area contributed by atoms with E-state index in [4.69, 9.17) is 4.74 Å². The predicted molar refractivity (Wildman–Crippen MR) is 105 cm³/mol. The maximum absolute atomic E-state index is 13.3. The molecule has 0 aromatic heterocycles. The Labute approximate surface area is 169 Å². The summed E-state index contributed by atoms with van der Waals surface area (Å²) in [6, 6.07) is 4.58. The van der Waals surface area contributed by atoms with Gasteiger partial charge in [-0.3, -0.25) is 19.7 Å². The van der Waals surface area contributed by atoms with Crippen molar-refractivity contribution in [3.05, 3.63) is 29.3 Å². The zero-order valence-electron chi connectivity index (χ0n) is 17.0. The molecule has 2 unspecified atom stereocenters. The average Bonchev–Trinajstić information content (AvgIpc) is 2.60. The van der Waals surface area contributed by atoms with Gasteiger partial charge in [0.05, 0.1) is 11.7 Å². The summed E-state index contributed by atoms with van der Waals surface area (Å²) < 4.78 is 5.24. The van der Waals surface area contributed by atoms with Gasteiger partial charge in [-0.25, -0.2) is 4.79 Å². The monoisotopic (exact) mass is 402 g/mol. The molecular formula is C20H26N4O5. The van der Waals surface area contributed by atoms with Crippen molar-refractivity contribution in [3.63, 3.8) is 0 Å². The fourth-order valence-electron chi connectivity index (χ4n) is 3.56. The summed E-state index contributed by atoms with van der Waals surface area (Å²) in [5.74, 6) is -1.13.